The molecule has 0 spiro atoms. The lowest BCUT2D eigenvalue weighted by atomic mass is 9.99. The van der Waals surface area contributed by atoms with Crippen molar-refractivity contribution in [1.82, 2.24) is 14.8 Å². The van der Waals surface area contributed by atoms with E-state index in [4.69, 9.17) is 14.6 Å². The number of rotatable bonds is 3. The van der Waals surface area contributed by atoms with E-state index in [2.05, 4.69) is 43.0 Å². The molecule has 114 valence electrons. The molecular weight excluding hydrogens is 270 g/mol. The van der Waals surface area contributed by atoms with Gasteiger partial charge >= 0.3 is 0 Å². The fourth-order valence-corrected chi connectivity index (χ4v) is 2.31. The van der Waals surface area contributed by atoms with Crippen molar-refractivity contribution in [1.29, 1.82) is 0 Å². The van der Waals surface area contributed by atoms with E-state index in [-0.39, 0.29) is 6.47 Å². The number of nitrogens with zero attached hydrogens (tertiary/aromatic N) is 3. The molecule has 1 aromatic carbocycles. The lowest BCUT2D eigenvalue weighted by Crippen LogP contribution is -2.00. The van der Waals surface area contributed by atoms with Gasteiger partial charge in [0.25, 0.3) is 6.47 Å². The van der Waals surface area contributed by atoms with Crippen LogP contribution in [0.4, 0.5) is 0 Å². The highest BCUT2D eigenvalue weighted by atomic mass is 16.5. The molecular formula is C15H21N3O3. The van der Waals surface area contributed by atoms with E-state index in [1.165, 1.54) is 16.7 Å². The van der Waals surface area contributed by atoms with Crippen LogP contribution in [0.15, 0.2) is 12.1 Å². The third-order valence-electron chi connectivity index (χ3n) is 3.03. The van der Waals surface area contributed by atoms with Gasteiger partial charge in [0.15, 0.2) is 11.6 Å². The first kappa shape index (κ1) is 16.8. The van der Waals surface area contributed by atoms with Gasteiger partial charge in [-0.05, 0) is 31.9 Å². The number of ether oxygens (including phenoxy) is 1. The zero-order valence-electron chi connectivity index (χ0n) is 13.0. The molecule has 2 aromatic rings. The summed E-state index contributed by atoms with van der Waals surface area (Å²) in [6, 6.07) is 4.32. The topological polar surface area (TPSA) is 77.2 Å². The predicted octanol–water partition coefficient (Wildman–Crippen LogP) is 2.25. The van der Waals surface area contributed by atoms with Crippen molar-refractivity contribution < 1.29 is 14.6 Å². The van der Waals surface area contributed by atoms with Gasteiger partial charge in [-0.25, -0.2) is 4.98 Å². The first-order valence-corrected chi connectivity index (χ1v) is 6.49. The molecule has 2 rings (SSSR count). The van der Waals surface area contributed by atoms with Crippen molar-refractivity contribution in [2.75, 3.05) is 7.11 Å². The molecule has 0 amide bonds. The van der Waals surface area contributed by atoms with Crippen LogP contribution in [0.5, 0.6) is 0 Å². The Morgan fingerprint density at radius 2 is 1.81 bits per heavy atom. The summed E-state index contributed by atoms with van der Waals surface area (Å²) >= 11 is 0. The van der Waals surface area contributed by atoms with E-state index in [1.54, 1.807) is 11.8 Å². The van der Waals surface area contributed by atoms with Gasteiger partial charge in [0.1, 0.15) is 6.61 Å². The van der Waals surface area contributed by atoms with Crippen molar-refractivity contribution in [3.63, 3.8) is 0 Å². The summed E-state index contributed by atoms with van der Waals surface area (Å²) in [5, 5.41) is 11.4. The minimum Gasteiger partial charge on any atom is -0.483 e. The third kappa shape index (κ3) is 4.13. The third-order valence-corrected chi connectivity index (χ3v) is 3.03. The molecule has 1 N–H and O–H groups in total. The molecule has 0 aliphatic carbocycles. The zero-order valence-corrected chi connectivity index (χ0v) is 13.0. The van der Waals surface area contributed by atoms with E-state index in [9.17, 15) is 0 Å². The Kier molecular flexibility index (Phi) is 6.05. The molecule has 0 saturated carbocycles. The Balaban J connectivity index is 0.000000677. The van der Waals surface area contributed by atoms with Crippen LogP contribution in [0.3, 0.4) is 0 Å². The van der Waals surface area contributed by atoms with Gasteiger partial charge in [0.05, 0.1) is 0 Å². The van der Waals surface area contributed by atoms with Gasteiger partial charge in [0.2, 0.25) is 0 Å². The first-order chi connectivity index (χ1) is 9.94. The molecule has 1 aromatic heterocycles. The number of hydrogen-bond acceptors (Lipinski definition) is 4. The van der Waals surface area contributed by atoms with Crippen LogP contribution in [0, 0.1) is 20.8 Å². The Labute approximate surface area is 124 Å². The maximum Gasteiger partial charge on any atom is 0.290 e. The minimum atomic E-state index is -0.250. The van der Waals surface area contributed by atoms with Crippen LogP contribution in [0.25, 0.3) is 11.4 Å². The summed E-state index contributed by atoms with van der Waals surface area (Å²) in [5.41, 5.74) is 4.81. The second-order valence-electron chi connectivity index (χ2n) is 4.79. The first-order valence-electron chi connectivity index (χ1n) is 6.49. The fraction of sp³-hybridized carbons (Fsp3) is 0.400. The van der Waals surface area contributed by atoms with Crippen LogP contribution in [0.2, 0.25) is 0 Å². The van der Waals surface area contributed by atoms with Crippen molar-refractivity contribution in [2.45, 2.75) is 27.4 Å². The number of hydrogen-bond donors (Lipinski definition) is 1. The average Bonchev–Trinajstić information content (AvgIpc) is 2.70. The number of aromatic nitrogens is 3. The average molecular weight is 291 g/mol. The SMILES string of the molecule is COCc1nc(-c2c(C)cc(C)cc2C)nn1C.O=CO. The highest BCUT2D eigenvalue weighted by molar-refractivity contribution is 5.65. The molecule has 0 saturated heterocycles. The Bertz CT molecular complexity index is 598. The quantitative estimate of drug-likeness (QED) is 0.878. The number of carboxylic acid groups (broad SMARTS) is 1. The zero-order chi connectivity index (χ0) is 16.0. The molecule has 0 aliphatic heterocycles. The standard InChI is InChI=1S/C14H19N3O.CH2O2/c1-9-6-10(2)13(11(3)7-9)14-15-12(8-18-5)17(4)16-14;2-1-3/h6-7H,8H2,1-5H3;1H,(H,2,3). The highest BCUT2D eigenvalue weighted by Crippen LogP contribution is 2.25. The molecule has 1 heterocycles. The molecule has 0 fully saturated rings. The minimum absolute atomic E-state index is 0.250. The van der Waals surface area contributed by atoms with Gasteiger partial charge in [-0.3, -0.25) is 9.48 Å². The molecule has 6 heteroatoms. The smallest absolute Gasteiger partial charge is 0.290 e. The molecule has 0 bridgehead atoms. The summed E-state index contributed by atoms with van der Waals surface area (Å²) in [7, 11) is 3.56. The largest absolute Gasteiger partial charge is 0.483 e. The predicted molar refractivity (Wildman–Crippen MR) is 80.1 cm³/mol. The van der Waals surface area contributed by atoms with Gasteiger partial charge in [-0.2, -0.15) is 5.10 Å². The van der Waals surface area contributed by atoms with Crippen molar-refractivity contribution in [2.24, 2.45) is 7.05 Å². The van der Waals surface area contributed by atoms with Crippen LogP contribution in [-0.4, -0.2) is 33.5 Å². The molecule has 0 radical (unpaired) electrons. The van der Waals surface area contributed by atoms with Gasteiger partial charge in [0, 0.05) is 19.7 Å². The van der Waals surface area contributed by atoms with E-state index < -0.39 is 0 Å². The summed E-state index contributed by atoms with van der Waals surface area (Å²) in [6.45, 7) is 6.53. The second-order valence-corrected chi connectivity index (χ2v) is 4.79. The lowest BCUT2D eigenvalue weighted by Gasteiger charge is -2.07. The number of methoxy groups -OCH3 is 1. The maximum absolute atomic E-state index is 8.36. The molecule has 0 unspecified atom stereocenters. The summed E-state index contributed by atoms with van der Waals surface area (Å²) in [6.07, 6.45) is 0. The summed E-state index contributed by atoms with van der Waals surface area (Å²) in [4.78, 5) is 12.9. The molecule has 6 nitrogen and oxygen atoms in total. The van der Waals surface area contributed by atoms with Crippen molar-refractivity contribution >= 4 is 6.47 Å². The normalized spacial score (nSPS) is 9.95. The summed E-state index contributed by atoms with van der Waals surface area (Å²) < 4.78 is 6.89. The van der Waals surface area contributed by atoms with Crippen molar-refractivity contribution in [3.05, 3.63) is 34.6 Å². The van der Waals surface area contributed by atoms with Gasteiger partial charge in [-0.15, -0.1) is 0 Å². The monoisotopic (exact) mass is 291 g/mol. The Morgan fingerprint density at radius 1 is 1.29 bits per heavy atom. The Hall–Kier alpha value is -2.21. The molecule has 0 aliphatic rings. The van der Waals surface area contributed by atoms with Crippen LogP contribution < -0.4 is 0 Å². The Morgan fingerprint density at radius 3 is 2.29 bits per heavy atom. The van der Waals surface area contributed by atoms with Crippen LogP contribution in [0.1, 0.15) is 22.5 Å². The fourth-order valence-electron chi connectivity index (χ4n) is 2.31. The van der Waals surface area contributed by atoms with E-state index in [0.29, 0.717) is 6.61 Å². The van der Waals surface area contributed by atoms with E-state index >= 15 is 0 Å². The molecule has 21 heavy (non-hydrogen) atoms. The molecule has 0 atom stereocenters. The summed E-state index contributed by atoms with van der Waals surface area (Å²) in [5.74, 6) is 1.62. The number of carbonyl (C=O) groups is 1. The number of aryl methyl sites for hydroxylation is 4. The lowest BCUT2D eigenvalue weighted by molar-refractivity contribution is -0.122. The van der Waals surface area contributed by atoms with Crippen LogP contribution >= 0.6 is 0 Å². The van der Waals surface area contributed by atoms with Gasteiger partial charge < -0.3 is 9.84 Å². The second kappa shape index (κ2) is 7.54. The van der Waals surface area contributed by atoms with Crippen LogP contribution in [-0.2, 0) is 23.2 Å². The number of benzene rings is 1. The van der Waals surface area contributed by atoms with Crippen molar-refractivity contribution in [3.8, 4) is 11.4 Å². The maximum atomic E-state index is 8.36. The van der Waals surface area contributed by atoms with E-state index in [1.807, 2.05) is 7.05 Å². The van der Waals surface area contributed by atoms with E-state index in [0.717, 1.165) is 17.2 Å². The van der Waals surface area contributed by atoms with Gasteiger partial charge in [-0.1, -0.05) is 17.7 Å². The highest BCUT2D eigenvalue weighted by Gasteiger charge is 2.13.